The Morgan fingerprint density at radius 1 is 1.26 bits per heavy atom. The van der Waals surface area contributed by atoms with Crippen LogP contribution >= 0.6 is 0 Å². The monoisotopic (exact) mass is 261 g/mol. The van der Waals surface area contributed by atoms with Crippen LogP contribution in [0.1, 0.15) is 38.5 Å². The minimum absolute atomic E-state index is 0.158. The Balaban J connectivity index is 1.97. The summed E-state index contributed by atoms with van der Waals surface area (Å²) in [5, 5.41) is 3.30. The molecule has 1 N–H and O–H groups in total. The molecular formula is C16H23NO2. The third-order valence-corrected chi connectivity index (χ3v) is 3.89. The van der Waals surface area contributed by atoms with Crippen LogP contribution in [-0.2, 0) is 9.53 Å². The van der Waals surface area contributed by atoms with Crippen LogP contribution in [0, 0.1) is 5.92 Å². The summed E-state index contributed by atoms with van der Waals surface area (Å²) in [4.78, 5) is 11.9. The average Bonchev–Trinajstić information content (AvgIpc) is 2.48. The summed E-state index contributed by atoms with van der Waals surface area (Å²) in [7, 11) is 1.46. The third-order valence-electron chi connectivity index (χ3n) is 3.89. The molecule has 1 aliphatic carbocycles. The standard InChI is InChI=1S/C16H23NO2/c1-19-16(18)15(12-13-8-4-2-5-9-13)17-14-10-6-3-7-11-14/h3,6-7,10-11,13,15,17H,2,4-5,8-9,12H2,1H3. The van der Waals surface area contributed by atoms with E-state index >= 15 is 0 Å². The number of methoxy groups -OCH3 is 1. The van der Waals surface area contributed by atoms with Gasteiger partial charge in [-0.2, -0.15) is 0 Å². The maximum atomic E-state index is 11.9. The molecule has 1 aromatic carbocycles. The first-order valence-electron chi connectivity index (χ1n) is 7.19. The van der Waals surface area contributed by atoms with Crippen LogP contribution in [0.5, 0.6) is 0 Å². The highest BCUT2D eigenvalue weighted by Crippen LogP contribution is 2.28. The zero-order valence-electron chi connectivity index (χ0n) is 11.6. The summed E-state index contributed by atoms with van der Waals surface area (Å²) in [6, 6.07) is 9.65. The Bertz CT molecular complexity index is 385. The van der Waals surface area contributed by atoms with E-state index in [4.69, 9.17) is 4.74 Å². The van der Waals surface area contributed by atoms with Gasteiger partial charge in [-0.05, 0) is 24.5 Å². The number of para-hydroxylation sites is 1. The van der Waals surface area contributed by atoms with Crippen molar-refractivity contribution < 1.29 is 9.53 Å². The van der Waals surface area contributed by atoms with Crippen LogP contribution < -0.4 is 5.32 Å². The second kappa shape index (κ2) is 7.17. The molecule has 1 aliphatic rings. The van der Waals surface area contributed by atoms with E-state index in [9.17, 15) is 4.79 Å². The number of hydrogen-bond donors (Lipinski definition) is 1. The lowest BCUT2D eigenvalue weighted by molar-refractivity contribution is -0.142. The molecule has 2 rings (SSSR count). The Labute approximate surface area is 115 Å². The average molecular weight is 261 g/mol. The second-order valence-corrected chi connectivity index (χ2v) is 5.33. The van der Waals surface area contributed by atoms with E-state index in [1.165, 1.54) is 39.2 Å². The van der Waals surface area contributed by atoms with E-state index < -0.39 is 0 Å². The van der Waals surface area contributed by atoms with Crippen molar-refractivity contribution in [3.05, 3.63) is 30.3 Å². The molecule has 0 spiro atoms. The molecule has 104 valence electrons. The van der Waals surface area contributed by atoms with Gasteiger partial charge in [0.15, 0.2) is 0 Å². The largest absolute Gasteiger partial charge is 0.467 e. The number of nitrogens with one attached hydrogen (secondary N) is 1. The van der Waals surface area contributed by atoms with Crippen LogP contribution in [0.2, 0.25) is 0 Å². The number of carbonyl (C=O) groups excluding carboxylic acids is 1. The van der Waals surface area contributed by atoms with Crippen LogP contribution in [0.15, 0.2) is 30.3 Å². The molecule has 3 nitrogen and oxygen atoms in total. The predicted octanol–water partition coefficient (Wildman–Crippen LogP) is 3.61. The van der Waals surface area contributed by atoms with Crippen LogP contribution in [-0.4, -0.2) is 19.1 Å². The van der Waals surface area contributed by atoms with Crippen molar-refractivity contribution >= 4 is 11.7 Å². The van der Waals surface area contributed by atoms with E-state index in [-0.39, 0.29) is 12.0 Å². The van der Waals surface area contributed by atoms with Crippen LogP contribution in [0.25, 0.3) is 0 Å². The normalized spacial score (nSPS) is 17.7. The highest BCUT2D eigenvalue weighted by atomic mass is 16.5. The maximum absolute atomic E-state index is 11.9. The Kier molecular flexibility index (Phi) is 5.25. The second-order valence-electron chi connectivity index (χ2n) is 5.33. The lowest BCUT2D eigenvalue weighted by Crippen LogP contribution is -2.33. The van der Waals surface area contributed by atoms with Crippen LogP contribution in [0.3, 0.4) is 0 Å². The SMILES string of the molecule is COC(=O)C(CC1CCCCC1)Nc1ccccc1. The molecular weight excluding hydrogens is 238 g/mol. The molecule has 0 aliphatic heterocycles. The fourth-order valence-electron chi connectivity index (χ4n) is 2.85. The molecule has 0 heterocycles. The van der Waals surface area contributed by atoms with Gasteiger partial charge in [0, 0.05) is 5.69 Å². The molecule has 0 amide bonds. The van der Waals surface area contributed by atoms with E-state index in [2.05, 4.69) is 5.32 Å². The van der Waals surface area contributed by atoms with Crippen LogP contribution in [0.4, 0.5) is 5.69 Å². The Morgan fingerprint density at radius 2 is 1.95 bits per heavy atom. The fourth-order valence-corrected chi connectivity index (χ4v) is 2.85. The minimum atomic E-state index is -0.226. The molecule has 0 bridgehead atoms. The van der Waals surface area contributed by atoms with Gasteiger partial charge in [0.05, 0.1) is 7.11 Å². The summed E-state index contributed by atoms with van der Waals surface area (Å²) in [5.41, 5.74) is 0.980. The van der Waals surface area contributed by atoms with Gasteiger partial charge in [-0.1, -0.05) is 50.3 Å². The molecule has 19 heavy (non-hydrogen) atoms. The zero-order chi connectivity index (χ0) is 13.5. The number of esters is 1. The maximum Gasteiger partial charge on any atom is 0.328 e. The number of carbonyl (C=O) groups is 1. The molecule has 1 saturated carbocycles. The van der Waals surface area contributed by atoms with Gasteiger partial charge in [-0.3, -0.25) is 0 Å². The van der Waals surface area contributed by atoms with E-state index in [1.54, 1.807) is 0 Å². The highest BCUT2D eigenvalue weighted by Gasteiger charge is 2.24. The fraction of sp³-hybridized carbons (Fsp3) is 0.562. The molecule has 1 unspecified atom stereocenters. The molecule has 1 atom stereocenters. The van der Waals surface area contributed by atoms with Crippen molar-refractivity contribution in [3.63, 3.8) is 0 Å². The third kappa shape index (κ3) is 4.27. The lowest BCUT2D eigenvalue weighted by Gasteiger charge is -2.26. The van der Waals surface area contributed by atoms with Crippen molar-refractivity contribution in [2.75, 3.05) is 12.4 Å². The van der Waals surface area contributed by atoms with Gasteiger partial charge >= 0.3 is 5.97 Å². The van der Waals surface area contributed by atoms with Crippen molar-refractivity contribution in [2.45, 2.75) is 44.6 Å². The van der Waals surface area contributed by atoms with Gasteiger partial charge in [-0.15, -0.1) is 0 Å². The summed E-state index contributed by atoms with van der Waals surface area (Å²) in [5.74, 6) is 0.489. The number of ether oxygens (including phenoxy) is 1. The molecule has 0 radical (unpaired) electrons. The predicted molar refractivity (Wildman–Crippen MR) is 77.1 cm³/mol. The number of anilines is 1. The van der Waals surface area contributed by atoms with Crippen molar-refractivity contribution in [2.24, 2.45) is 5.92 Å². The topological polar surface area (TPSA) is 38.3 Å². The first kappa shape index (κ1) is 13.9. The number of rotatable bonds is 5. The van der Waals surface area contributed by atoms with Crippen molar-refractivity contribution in [1.29, 1.82) is 0 Å². The molecule has 3 heteroatoms. The van der Waals surface area contributed by atoms with Crippen molar-refractivity contribution in [3.8, 4) is 0 Å². The van der Waals surface area contributed by atoms with E-state index in [0.29, 0.717) is 5.92 Å². The first-order chi connectivity index (χ1) is 9.29. The zero-order valence-corrected chi connectivity index (χ0v) is 11.6. The lowest BCUT2D eigenvalue weighted by atomic mass is 9.85. The number of hydrogen-bond acceptors (Lipinski definition) is 3. The van der Waals surface area contributed by atoms with Gasteiger partial charge < -0.3 is 10.1 Å². The van der Waals surface area contributed by atoms with E-state index in [1.807, 2.05) is 30.3 Å². The van der Waals surface area contributed by atoms with Gasteiger partial charge in [-0.25, -0.2) is 4.79 Å². The quantitative estimate of drug-likeness (QED) is 0.823. The molecule has 0 saturated heterocycles. The van der Waals surface area contributed by atoms with Gasteiger partial charge in [0.2, 0.25) is 0 Å². The van der Waals surface area contributed by atoms with Gasteiger partial charge in [0.25, 0.3) is 0 Å². The number of benzene rings is 1. The smallest absolute Gasteiger partial charge is 0.328 e. The Morgan fingerprint density at radius 3 is 2.58 bits per heavy atom. The van der Waals surface area contributed by atoms with E-state index in [0.717, 1.165) is 12.1 Å². The Hall–Kier alpha value is -1.51. The molecule has 1 fully saturated rings. The molecule has 0 aromatic heterocycles. The summed E-state index contributed by atoms with van der Waals surface area (Å²) >= 11 is 0. The van der Waals surface area contributed by atoms with Gasteiger partial charge in [0.1, 0.15) is 6.04 Å². The van der Waals surface area contributed by atoms with Crippen molar-refractivity contribution in [1.82, 2.24) is 0 Å². The summed E-state index contributed by atoms with van der Waals surface area (Å²) < 4.78 is 4.92. The minimum Gasteiger partial charge on any atom is -0.467 e. The molecule has 1 aromatic rings. The highest BCUT2D eigenvalue weighted by molar-refractivity contribution is 5.79. The summed E-state index contributed by atoms with van der Waals surface area (Å²) in [6.07, 6.45) is 7.29. The summed E-state index contributed by atoms with van der Waals surface area (Å²) in [6.45, 7) is 0. The first-order valence-corrected chi connectivity index (χ1v) is 7.19.